The van der Waals surface area contributed by atoms with Gasteiger partial charge in [0.2, 0.25) is 5.91 Å². The maximum Gasteiger partial charge on any atom is 0.216 e. The number of carbonyl (C=O) groups excluding carboxylic acids is 1. The van der Waals surface area contributed by atoms with Crippen LogP contribution in [0, 0.1) is 5.92 Å². The monoisotopic (exact) mass is 269 g/mol. The van der Waals surface area contributed by atoms with Gasteiger partial charge in [-0.25, -0.2) is 0 Å². The molecule has 0 atom stereocenters. The summed E-state index contributed by atoms with van der Waals surface area (Å²) in [5.74, 6) is 2.04. The lowest BCUT2D eigenvalue weighted by atomic mass is 9.78. The van der Waals surface area contributed by atoms with Crippen LogP contribution in [0.3, 0.4) is 0 Å². The van der Waals surface area contributed by atoms with Gasteiger partial charge in [-0.05, 0) is 31.6 Å². The Balaban J connectivity index is 1.77. The molecule has 1 saturated carbocycles. The van der Waals surface area contributed by atoms with Crippen LogP contribution in [0.25, 0.3) is 0 Å². The van der Waals surface area contributed by atoms with Crippen molar-refractivity contribution >= 4 is 22.8 Å². The molecule has 1 heterocycles. The second kappa shape index (κ2) is 5.95. The zero-order chi connectivity index (χ0) is 13.0. The van der Waals surface area contributed by atoms with Crippen LogP contribution in [0.2, 0.25) is 0 Å². The van der Waals surface area contributed by atoms with Gasteiger partial charge in [0.25, 0.3) is 0 Å². The molecule has 0 aromatic heterocycles. The van der Waals surface area contributed by atoms with Crippen LogP contribution in [0.5, 0.6) is 0 Å². The average molecular weight is 269 g/mol. The lowest BCUT2D eigenvalue weighted by Gasteiger charge is -2.35. The number of thioether (sulfide) groups is 1. The molecule has 0 unspecified atom stereocenters. The summed E-state index contributed by atoms with van der Waals surface area (Å²) in [5, 5.41) is 7.44. The molecule has 0 aromatic rings. The number of aliphatic imine (C=N–C) groups is 1. The van der Waals surface area contributed by atoms with Gasteiger partial charge in [0.1, 0.15) is 0 Å². The molecule has 1 amide bonds. The predicted molar refractivity (Wildman–Crippen MR) is 76.9 cm³/mol. The Labute approximate surface area is 113 Å². The number of amidine groups is 1. The maximum absolute atomic E-state index is 10.7. The summed E-state index contributed by atoms with van der Waals surface area (Å²) in [7, 11) is 0. The van der Waals surface area contributed by atoms with E-state index in [1.54, 1.807) is 0 Å². The molecule has 1 spiro atoms. The van der Waals surface area contributed by atoms with Crippen molar-refractivity contribution in [1.82, 2.24) is 10.6 Å². The zero-order valence-corrected chi connectivity index (χ0v) is 12.1. The molecule has 2 rings (SSSR count). The first kappa shape index (κ1) is 13.7. The number of carbonyl (C=O) groups is 1. The normalized spacial score (nSPS) is 33.7. The number of nitrogens with zero attached hydrogens (tertiary/aromatic N) is 1. The summed E-state index contributed by atoms with van der Waals surface area (Å²) < 4.78 is 0. The third-order valence-electron chi connectivity index (χ3n) is 3.83. The number of nitrogens with one attached hydrogen (secondary N) is 2. The number of amides is 1. The van der Waals surface area contributed by atoms with E-state index in [1.807, 2.05) is 11.8 Å². The quantitative estimate of drug-likeness (QED) is 0.768. The molecule has 102 valence electrons. The Kier molecular flexibility index (Phi) is 4.54. The molecule has 2 aliphatic rings. The van der Waals surface area contributed by atoms with Crippen molar-refractivity contribution in [3.05, 3.63) is 0 Å². The topological polar surface area (TPSA) is 53.5 Å². The van der Waals surface area contributed by atoms with Gasteiger partial charge in [-0.1, -0.05) is 18.7 Å². The van der Waals surface area contributed by atoms with Gasteiger partial charge in [-0.15, -0.1) is 0 Å². The second-order valence-corrected chi connectivity index (χ2v) is 6.51. The third kappa shape index (κ3) is 3.64. The van der Waals surface area contributed by atoms with E-state index in [2.05, 4.69) is 22.5 Å². The lowest BCUT2D eigenvalue weighted by molar-refractivity contribution is -0.118. The molecule has 4 nitrogen and oxygen atoms in total. The van der Waals surface area contributed by atoms with Crippen LogP contribution in [0.4, 0.5) is 0 Å². The Bertz CT molecular complexity index is 335. The van der Waals surface area contributed by atoms with Crippen LogP contribution >= 0.6 is 11.8 Å². The van der Waals surface area contributed by atoms with Crippen LogP contribution in [-0.4, -0.2) is 35.5 Å². The van der Waals surface area contributed by atoms with Gasteiger partial charge in [0.15, 0.2) is 5.17 Å². The Morgan fingerprint density at radius 2 is 2.28 bits per heavy atom. The number of hydrogen-bond donors (Lipinski definition) is 2. The highest BCUT2D eigenvalue weighted by Gasteiger charge is 2.39. The smallest absolute Gasteiger partial charge is 0.216 e. The Morgan fingerprint density at radius 3 is 2.94 bits per heavy atom. The molecular weight excluding hydrogens is 246 g/mol. The SMILES string of the molecule is CC(=O)NCCN=C1NC2(CCC(C)CC2)CS1. The predicted octanol–water partition coefficient (Wildman–Crippen LogP) is 1.76. The van der Waals surface area contributed by atoms with Gasteiger partial charge in [-0.3, -0.25) is 9.79 Å². The van der Waals surface area contributed by atoms with E-state index in [4.69, 9.17) is 0 Å². The molecule has 0 radical (unpaired) electrons. The van der Waals surface area contributed by atoms with Crippen molar-refractivity contribution < 1.29 is 4.79 Å². The van der Waals surface area contributed by atoms with Crippen molar-refractivity contribution in [2.75, 3.05) is 18.8 Å². The fourth-order valence-electron chi connectivity index (χ4n) is 2.56. The summed E-state index contributed by atoms with van der Waals surface area (Å²) >= 11 is 1.83. The summed E-state index contributed by atoms with van der Waals surface area (Å²) in [6, 6.07) is 0. The first-order chi connectivity index (χ1) is 8.60. The van der Waals surface area contributed by atoms with Crippen molar-refractivity contribution in [3.63, 3.8) is 0 Å². The van der Waals surface area contributed by atoms with E-state index in [0.29, 0.717) is 18.6 Å². The molecular formula is C13H23N3OS. The molecule has 0 bridgehead atoms. The third-order valence-corrected chi connectivity index (χ3v) is 5.03. The van der Waals surface area contributed by atoms with E-state index < -0.39 is 0 Å². The molecule has 1 aliphatic carbocycles. The van der Waals surface area contributed by atoms with Crippen LogP contribution in [-0.2, 0) is 4.79 Å². The molecule has 18 heavy (non-hydrogen) atoms. The molecule has 1 saturated heterocycles. The maximum atomic E-state index is 10.7. The van der Waals surface area contributed by atoms with E-state index in [-0.39, 0.29) is 5.91 Å². The molecule has 1 aliphatic heterocycles. The minimum absolute atomic E-state index is 0.0139. The summed E-state index contributed by atoms with van der Waals surface area (Å²) in [5.41, 5.74) is 0.310. The van der Waals surface area contributed by atoms with Crippen molar-refractivity contribution in [2.45, 2.75) is 45.1 Å². The second-order valence-electron chi connectivity index (χ2n) is 5.55. The van der Waals surface area contributed by atoms with Crippen molar-refractivity contribution in [2.24, 2.45) is 10.9 Å². The van der Waals surface area contributed by atoms with Crippen LogP contribution in [0.15, 0.2) is 4.99 Å². The van der Waals surface area contributed by atoms with Gasteiger partial charge in [0.05, 0.1) is 6.54 Å². The standard InChI is InChI=1S/C13H23N3OS/c1-10-3-5-13(6-4-10)9-18-12(16-13)15-8-7-14-11(2)17/h10H,3-9H2,1-2H3,(H,14,17)(H,15,16). The van der Waals surface area contributed by atoms with E-state index in [1.165, 1.54) is 32.6 Å². The summed E-state index contributed by atoms with van der Waals surface area (Å²) in [6.07, 6.45) is 5.19. The summed E-state index contributed by atoms with van der Waals surface area (Å²) in [4.78, 5) is 15.2. The highest BCUT2D eigenvalue weighted by Crippen LogP contribution is 2.38. The fourth-order valence-corrected chi connectivity index (χ4v) is 3.81. The molecule has 5 heteroatoms. The van der Waals surface area contributed by atoms with Crippen LogP contribution in [0.1, 0.15) is 39.5 Å². The molecule has 0 aromatic carbocycles. The van der Waals surface area contributed by atoms with Gasteiger partial charge < -0.3 is 10.6 Å². The number of hydrogen-bond acceptors (Lipinski definition) is 3. The van der Waals surface area contributed by atoms with Crippen LogP contribution < -0.4 is 10.6 Å². The fraction of sp³-hybridized carbons (Fsp3) is 0.846. The van der Waals surface area contributed by atoms with Crippen molar-refractivity contribution in [3.8, 4) is 0 Å². The van der Waals surface area contributed by atoms with E-state index in [9.17, 15) is 4.79 Å². The van der Waals surface area contributed by atoms with Crippen molar-refractivity contribution in [1.29, 1.82) is 0 Å². The zero-order valence-electron chi connectivity index (χ0n) is 11.3. The average Bonchev–Trinajstić information content (AvgIpc) is 2.73. The Morgan fingerprint density at radius 1 is 1.56 bits per heavy atom. The minimum Gasteiger partial charge on any atom is -0.359 e. The molecule has 2 N–H and O–H groups in total. The molecule has 2 fully saturated rings. The highest BCUT2D eigenvalue weighted by molar-refractivity contribution is 8.14. The lowest BCUT2D eigenvalue weighted by Crippen LogP contribution is -2.46. The van der Waals surface area contributed by atoms with E-state index >= 15 is 0 Å². The Hall–Kier alpha value is -0.710. The first-order valence-electron chi connectivity index (χ1n) is 6.79. The van der Waals surface area contributed by atoms with Gasteiger partial charge >= 0.3 is 0 Å². The number of rotatable bonds is 3. The highest BCUT2D eigenvalue weighted by atomic mass is 32.2. The largest absolute Gasteiger partial charge is 0.359 e. The minimum atomic E-state index is 0.0139. The van der Waals surface area contributed by atoms with Gasteiger partial charge in [0, 0.05) is 24.8 Å². The summed E-state index contributed by atoms with van der Waals surface area (Å²) in [6.45, 7) is 5.18. The first-order valence-corrected chi connectivity index (χ1v) is 7.78. The van der Waals surface area contributed by atoms with Gasteiger partial charge in [-0.2, -0.15) is 0 Å². The van der Waals surface area contributed by atoms with E-state index in [0.717, 1.165) is 16.8 Å².